The minimum absolute atomic E-state index is 0.649. The van der Waals surface area contributed by atoms with Crippen LogP contribution >= 0.6 is 0 Å². The van der Waals surface area contributed by atoms with Gasteiger partial charge in [0, 0.05) is 27.7 Å². The Morgan fingerprint density at radius 2 is 2.17 bits per heavy atom. The molecule has 2 rings (SSSR count). The maximum absolute atomic E-state index is 5.80. The van der Waals surface area contributed by atoms with Crippen molar-refractivity contribution in [3.63, 3.8) is 0 Å². The summed E-state index contributed by atoms with van der Waals surface area (Å²) in [5.41, 5.74) is 1.16. The van der Waals surface area contributed by atoms with Gasteiger partial charge in [-0.05, 0) is 25.0 Å². The molecule has 0 aliphatic carbocycles. The summed E-state index contributed by atoms with van der Waals surface area (Å²) in [5.74, 6) is 2.67. The average Bonchev–Trinajstić information content (AvgIpc) is 2.97. The van der Waals surface area contributed by atoms with Crippen molar-refractivity contribution >= 4 is 5.96 Å². The SMILES string of the molecule is CN=C(NCCCOc1ccccc1C)N(C)Cc1ncnn1C. The lowest BCUT2D eigenvalue weighted by Crippen LogP contribution is -2.39. The van der Waals surface area contributed by atoms with Crippen LogP contribution in [0.2, 0.25) is 0 Å². The van der Waals surface area contributed by atoms with Crippen molar-refractivity contribution in [3.8, 4) is 5.75 Å². The van der Waals surface area contributed by atoms with E-state index in [0.29, 0.717) is 13.2 Å². The predicted molar refractivity (Wildman–Crippen MR) is 95.1 cm³/mol. The van der Waals surface area contributed by atoms with Crippen molar-refractivity contribution < 1.29 is 4.74 Å². The van der Waals surface area contributed by atoms with Crippen LogP contribution in [0.15, 0.2) is 35.6 Å². The fourth-order valence-electron chi connectivity index (χ4n) is 2.31. The summed E-state index contributed by atoms with van der Waals surface area (Å²) in [6, 6.07) is 8.05. The average molecular weight is 330 g/mol. The van der Waals surface area contributed by atoms with Gasteiger partial charge in [0.15, 0.2) is 5.96 Å². The van der Waals surface area contributed by atoms with E-state index in [0.717, 1.165) is 36.1 Å². The number of ether oxygens (including phenoxy) is 1. The van der Waals surface area contributed by atoms with E-state index in [2.05, 4.69) is 33.4 Å². The van der Waals surface area contributed by atoms with Gasteiger partial charge in [-0.15, -0.1) is 0 Å². The molecule has 1 heterocycles. The van der Waals surface area contributed by atoms with Crippen LogP contribution in [-0.4, -0.2) is 52.9 Å². The zero-order valence-electron chi connectivity index (χ0n) is 14.9. The van der Waals surface area contributed by atoms with Crippen LogP contribution in [0.25, 0.3) is 0 Å². The number of hydrogen-bond donors (Lipinski definition) is 1. The largest absolute Gasteiger partial charge is 0.493 e. The first-order valence-corrected chi connectivity index (χ1v) is 8.05. The second-order valence-electron chi connectivity index (χ2n) is 5.60. The maximum atomic E-state index is 5.80. The first-order valence-electron chi connectivity index (χ1n) is 8.05. The Hall–Kier alpha value is -2.57. The summed E-state index contributed by atoms with van der Waals surface area (Å²) in [4.78, 5) is 10.6. The number of guanidine groups is 1. The molecule has 0 spiro atoms. The summed E-state index contributed by atoms with van der Waals surface area (Å²) in [5, 5.41) is 7.42. The second-order valence-corrected chi connectivity index (χ2v) is 5.60. The number of aryl methyl sites for hydroxylation is 2. The molecule has 0 saturated carbocycles. The summed E-state index contributed by atoms with van der Waals surface area (Å²) in [6.45, 7) is 4.16. The predicted octanol–water partition coefficient (Wildman–Crippen LogP) is 1.60. The number of rotatable bonds is 7. The lowest BCUT2D eigenvalue weighted by atomic mass is 10.2. The van der Waals surface area contributed by atoms with Gasteiger partial charge in [0.2, 0.25) is 0 Å². The van der Waals surface area contributed by atoms with Gasteiger partial charge < -0.3 is 15.0 Å². The Bertz CT molecular complexity index is 667. The Morgan fingerprint density at radius 3 is 2.83 bits per heavy atom. The van der Waals surface area contributed by atoms with Crippen LogP contribution in [0.1, 0.15) is 17.8 Å². The van der Waals surface area contributed by atoms with E-state index in [1.165, 1.54) is 0 Å². The molecule has 0 fully saturated rings. The zero-order chi connectivity index (χ0) is 17.4. The third-order valence-corrected chi connectivity index (χ3v) is 3.71. The van der Waals surface area contributed by atoms with Crippen LogP contribution in [0.5, 0.6) is 5.75 Å². The molecule has 0 unspecified atom stereocenters. The van der Waals surface area contributed by atoms with E-state index in [9.17, 15) is 0 Å². The van der Waals surface area contributed by atoms with E-state index in [1.54, 1.807) is 18.1 Å². The van der Waals surface area contributed by atoms with Crippen LogP contribution in [0.4, 0.5) is 0 Å². The van der Waals surface area contributed by atoms with Crippen molar-refractivity contribution in [2.24, 2.45) is 12.0 Å². The fourth-order valence-corrected chi connectivity index (χ4v) is 2.31. The lowest BCUT2D eigenvalue weighted by molar-refractivity contribution is 0.308. The Morgan fingerprint density at radius 1 is 1.38 bits per heavy atom. The molecule has 7 nitrogen and oxygen atoms in total. The number of hydrogen-bond acceptors (Lipinski definition) is 4. The quantitative estimate of drug-likeness (QED) is 0.474. The molecule has 2 aromatic rings. The van der Waals surface area contributed by atoms with Gasteiger partial charge in [-0.1, -0.05) is 18.2 Å². The number of nitrogens with one attached hydrogen (secondary N) is 1. The van der Waals surface area contributed by atoms with Crippen LogP contribution in [-0.2, 0) is 13.6 Å². The first-order chi connectivity index (χ1) is 11.6. The third-order valence-electron chi connectivity index (χ3n) is 3.71. The summed E-state index contributed by atoms with van der Waals surface area (Å²) < 4.78 is 7.56. The molecule has 24 heavy (non-hydrogen) atoms. The number of aromatic nitrogens is 3. The van der Waals surface area contributed by atoms with E-state index in [4.69, 9.17) is 4.74 Å². The van der Waals surface area contributed by atoms with E-state index >= 15 is 0 Å². The Kier molecular flexibility index (Phi) is 6.60. The van der Waals surface area contributed by atoms with E-state index in [1.807, 2.05) is 37.2 Å². The topological polar surface area (TPSA) is 67.6 Å². The molecule has 0 aliphatic heterocycles. The molecule has 0 saturated heterocycles. The number of aliphatic imine (C=N–C) groups is 1. The van der Waals surface area contributed by atoms with Gasteiger partial charge >= 0.3 is 0 Å². The molecule has 0 radical (unpaired) electrons. The number of nitrogens with zero attached hydrogens (tertiary/aromatic N) is 5. The molecule has 1 aromatic heterocycles. The Balaban J connectivity index is 1.72. The third kappa shape index (κ3) is 4.97. The van der Waals surface area contributed by atoms with Crippen molar-refractivity contribution in [2.75, 3.05) is 27.2 Å². The molecule has 130 valence electrons. The minimum Gasteiger partial charge on any atom is -0.493 e. The van der Waals surface area contributed by atoms with Crippen LogP contribution in [0.3, 0.4) is 0 Å². The highest BCUT2D eigenvalue weighted by molar-refractivity contribution is 5.79. The molecule has 0 amide bonds. The van der Waals surface area contributed by atoms with Gasteiger partial charge in [-0.25, -0.2) is 4.98 Å². The van der Waals surface area contributed by atoms with Crippen molar-refractivity contribution in [3.05, 3.63) is 42.0 Å². The van der Waals surface area contributed by atoms with E-state index < -0.39 is 0 Å². The molecule has 0 aliphatic rings. The van der Waals surface area contributed by atoms with Gasteiger partial charge in [-0.3, -0.25) is 9.67 Å². The molecular weight excluding hydrogens is 304 g/mol. The zero-order valence-corrected chi connectivity index (χ0v) is 14.9. The smallest absolute Gasteiger partial charge is 0.193 e. The van der Waals surface area contributed by atoms with Gasteiger partial charge in [0.25, 0.3) is 0 Å². The van der Waals surface area contributed by atoms with Crippen LogP contribution in [0, 0.1) is 6.92 Å². The highest BCUT2D eigenvalue weighted by Crippen LogP contribution is 2.15. The van der Waals surface area contributed by atoms with Gasteiger partial charge in [0.1, 0.15) is 17.9 Å². The number of para-hydroxylation sites is 1. The Labute approximate surface area is 143 Å². The molecule has 0 atom stereocenters. The normalized spacial score (nSPS) is 11.4. The molecule has 1 aromatic carbocycles. The lowest BCUT2D eigenvalue weighted by Gasteiger charge is -2.21. The highest BCUT2D eigenvalue weighted by atomic mass is 16.5. The molecular formula is C17H26N6O. The first kappa shape index (κ1) is 17.8. The molecule has 0 bridgehead atoms. The summed E-state index contributed by atoms with van der Waals surface area (Å²) >= 11 is 0. The fraction of sp³-hybridized carbons (Fsp3) is 0.471. The summed E-state index contributed by atoms with van der Waals surface area (Å²) in [7, 11) is 5.64. The van der Waals surface area contributed by atoms with E-state index in [-0.39, 0.29) is 0 Å². The minimum atomic E-state index is 0.649. The molecule has 1 N–H and O–H groups in total. The monoisotopic (exact) mass is 330 g/mol. The second kappa shape index (κ2) is 8.90. The van der Waals surface area contributed by atoms with Gasteiger partial charge in [-0.2, -0.15) is 5.10 Å². The van der Waals surface area contributed by atoms with Crippen molar-refractivity contribution in [2.45, 2.75) is 19.9 Å². The van der Waals surface area contributed by atoms with Crippen LogP contribution < -0.4 is 10.1 Å². The van der Waals surface area contributed by atoms with Crippen molar-refractivity contribution in [1.82, 2.24) is 25.0 Å². The van der Waals surface area contributed by atoms with Gasteiger partial charge in [0.05, 0.1) is 13.2 Å². The summed E-state index contributed by atoms with van der Waals surface area (Å²) in [6.07, 6.45) is 2.45. The standard InChI is InChI=1S/C17H26N6O/c1-14-8-5-6-9-15(14)24-11-7-10-19-17(18-2)22(3)12-16-20-13-21-23(16)4/h5-6,8-9,13H,7,10-12H2,1-4H3,(H,18,19). The molecule has 7 heteroatoms. The van der Waals surface area contributed by atoms with Crippen molar-refractivity contribution in [1.29, 1.82) is 0 Å². The number of benzene rings is 1. The highest BCUT2D eigenvalue weighted by Gasteiger charge is 2.09. The maximum Gasteiger partial charge on any atom is 0.193 e.